The van der Waals surface area contributed by atoms with Crippen LogP contribution in [-0.2, 0) is 0 Å². The van der Waals surface area contributed by atoms with E-state index in [9.17, 15) is 10.2 Å². The van der Waals surface area contributed by atoms with Crippen LogP contribution in [-0.4, -0.2) is 28.6 Å². The van der Waals surface area contributed by atoms with Gasteiger partial charge in [-0.2, -0.15) is 0 Å². The Morgan fingerprint density at radius 1 is 0.542 bits per heavy atom. The Hall–Kier alpha value is -0.160. The molecular weight excluding hydrogens is 300 g/mol. The van der Waals surface area contributed by atoms with Crippen molar-refractivity contribution in [1.82, 2.24) is 0 Å². The van der Waals surface area contributed by atoms with E-state index in [1.54, 1.807) is 0 Å². The van der Waals surface area contributed by atoms with Crippen molar-refractivity contribution in [3.8, 4) is 0 Å². The van der Waals surface area contributed by atoms with E-state index >= 15 is 0 Å². The van der Waals surface area contributed by atoms with Crippen LogP contribution < -0.4 is 11.5 Å². The minimum absolute atomic E-state index is 0.0689. The van der Waals surface area contributed by atoms with Crippen LogP contribution in [0.1, 0.15) is 110 Å². The summed E-state index contributed by atoms with van der Waals surface area (Å²) in [6, 6.07) is 0. The van der Waals surface area contributed by atoms with Gasteiger partial charge in [-0.1, -0.05) is 77.6 Å². The summed E-state index contributed by atoms with van der Waals surface area (Å²) in [5.41, 5.74) is 11.0. The number of aliphatic hydroxyl groups excluding tert-OH is 2. The molecule has 0 radical (unpaired) electrons. The molecule has 2 atom stereocenters. The fraction of sp³-hybridized carbons (Fsp3) is 1.00. The van der Waals surface area contributed by atoms with Gasteiger partial charge < -0.3 is 21.7 Å². The van der Waals surface area contributed by atoms with Crippen molar-refractivity contribution >= 4 is 0 Å². The molecule has 0 amide bonds. The lowest BCUT2D eigenvalue weighted by Crippen LogP contribution is -2.31. The van der Waals surface area contributed by atoms with E-state index in [0.29, 0.717) is 6.42 Å². The standard InChI is InChI=1S/C20H44N2O2/c1-2-13-18(23)14-11-9-7-5-3-4-6-8-10-12-15-19(24)16-17-20(21)22/h18-20,23-24H,2-17,21-22H2,1H3. The van der Waals surface area contributed by atoms with Crippen molar-refractivity contribution in [2.45, 2.75) is 128 Å². The van der Waals surface area contributed by atoms with Crippen LogP contribution in [0.3, 0.4) is 0 Å². The molecule has 0 rings (SSSR count). The second-order valence-electron chi connectivity index (χ2n) is 7.45. The Bertz CT molecular complexity index is 250. The molecule has 0 aromatic carbocycles. The second-order valence-corrected chi connectivity index (χ2v) is 7.45. The molecule has 0 saturated carbocycles. The normalized spacial score (nSPS) is 14.2. The van der Waals surface area contributed by atoms with E-state index < -0.39 is 0 Å². The summed E-state index contributed by atoms with van der Waals surface area (Å²) < 4.78 is 0. The highest BCUT2D eigenvalue weighted by molar-refractivity contribution is 4.60. The van der Waals surface area contributed by atoms with Gasteiger partial charge >= 0.3 is 0 Å². The van der Waals surface area contributed by atoms with Gasteiger partial charge in [0.25, 0.3) is 0 Å². The lowest BCUT2D eigenvalue weighted by molar-refractivity contribution is 0.145. The molecule has 146 valence electrons. The minimum Gasteiger partial charge on any atom is -0.393 e. The topological polar surface area (TPSA) is 92.5 Å². The summed E-state index contributed by atoms with van der Waals surface area (Å²) >= 11 is 0. The van der Waals surface area contributed by atoms with Gasteiger partial charge in [-0.15, -0.1) is 0 Å². The fourth-order valence-electron chi connectivity index (χ4n) is 3.18. The maximum atomic E-state index is 9.78. The lowest BCUT2D eigenvalue weighted by Gasteiger charge is -2.11. The highest BCUT2D eigenvalue weighted by Gasteiger charge is 2.05. The Morgan fingerprint density at radius 2 is 0.917 bits per heavy atom. The fourth-order valence-corrected chi connectivity index (χ4v) is 3.18. The summed E-state index contributed by atoms with van der Waals surface area (Å²) in [6.45, 7) is 2.13. The summed E-state index contributed by atoms with van der Waals surface area (Å²) in [5.74, 6) is 0. The molecule has 0 saturated heterocycles. The van der Waals surface area contributed by atoms with Crippen molar-refractivity contribution in [2.75, 3.05) is 0 Å². The van der Waals surface area contributed by atoms with Gasteiger partial charge in [0.05, 0.1) is 18.4 Å². The van der Waals surface area contributed by atoms with Gasteiger partial charge in [0.2, 0.25) is 0 Å². The Morgan fingerprint density at radius 3 is 1.29 bits per heavy atom. The molecule has 2 unspecified atom stereocenters. The average molecular weight is 345 g/mol. The molecule has 4 heteroatoms. The van der Waals surface area contributed by atoms with Crippen molar-refractivity contribution in [2.24, 2.45) is 11.5 Å². The minimum atomic E-state index is -0.291. The van der Waals surface area contributed by atoms with Crippen LogP contribution in [0.15, 0.2) is 0 Å². The Labute approximate surface area is 150 Å². The molecule has 0 aliphatic rings. The quantitative estimate of drug-likeness (QED) is 0.221. The van der Waals surface area contributed by atoms with E-state index in [0.717, 1.165) is 38.5 Å². The van der Waals surface area contributed by atoms with E-state index in [4.69, 9.17) is 11.5 Å². The van der Waals surface area contributed by atoms with Crippen LogP contribution >= 0.6 is 0 Å². The van der Waals surface area contributed by atoms with E-state index in [2.05, 4.69) is 6.92 Å². The van der Waals surface area contributed by atoms with Gasteiger partial charge in [0.15, 0.2) is 0 Å². The molecule has 0 heterocycles. The molecule has 0 spiro atoms. The maximum Gasteiger partial charge on any atom is 0.0541 e. The lowest BCUT2D eigenvalue weighted by atomic mass is 10.0. The summed E-state index contributed by atoms with van der Waals surface area (Å²) in [6.07, 6.45) is 17.5. The first kappa shape index (κ1) is 23.8. The number of rotatable bonds is 18. The van der Waals surface area contributed by atoms with Crippen molar-refractivity contribution in [3.63, 3.8) is 0 Å². The van der Waals surface area contributed by atoms with Gasteiger partial charge in [-0.05, 0) is 32.1 Å². The molecule has 24 heavy (non-hydrogen) atoms. The van der Waals surface area contributed by atoms with Crippen LogP contribution in [0.5, 0.6) is 0 Å². The number of aliphatic hydroxyl groups is 2. The first-order valence-electron chi connectivity index (χ1n) is 10.4. The van der Waals surface area contributed by atoms with Gasteiger partial charge in [-0.3, -0.25) is 0 Å². The molecule has 4 nitrogen and oxygen atoms in total. The van der Waals surface area contributed by atoms with Crippen LogP contribution in [0, 0.1) is 0 Å². The average Bonchev–Trinajstić information content (AvgIpc) is 2.54. The third kappa shape index (κ3) is 18.2. The van der Waals surface area contributed by atoms with Crippen molar-refractivity contribution < 1.29 is 10.2 Å². The number of nitrogens with two attached hydrogens (primary N) is 2. The predicted octanol–water partition coefficient (Wildman–Crippen LogP) is 4.21. The predicted molar refractivity (Wildman–Crippen MR) is 104 cm³/mol. The third-order valence-corrected chi connectivity index (χ3v) is 4.78. The number of hydrogen-bond donors (Lipinski definition) is 4. The number of unbranched alkanes of at least 4 members (excludes halogenated alkanes) is 9. The van der Waals surface area contributed by atoms with Crippen LogP contribution in [0.25, 0.3) is 0 Å². The van der Waals surface area contributed by atoms with Gasteiger partial charge in [-0.25, -0.2) is 0 Å². The summed E-state index contributed by atoms with van der Waals surface area (Å²) in [5, 5.41) is 19.4. The summed E-state index contributed by atoms with van der Waals surface area (Å²) in [7, 11) is 0. The molecule has 6 N–H and O–H groups in total. The maximum absolute atomic E-state index is 9.78. The Kier molecular flexibility index (Phi) is 17.5. The van der Waals surface area contributed by atoms with Crippen LogP contribution in [0.4, 0.5) is 0 Å². The van der Waals surface area contributed by atoms with Gasteiger partial charge in [0, 0.05) is 0 Å². The van der Waals surface area contributed by atoms with E-state index in [1.165, 1.54) is 57.8 Å². The SMILES string of the molecule is CCCC(O)CCCCCCCCCCCCC(O)CCC(N)N. The third-order valence-electron chi connectivity index (χ3n) is 4.78. The molecule has 0 aliphatic heterocycles. The van der Waals surface area contributed by atoms with Crippen molar-refractivity contribution in [1.29, 1.82) is 0 Å². The zero-order valence-corrected chi connectivity index (χ0v) is 16.1. The molecule has 0 fully saturated rings. The monoisotopic (exact) mass is 344 g/mol. The first-order valence-corrected chi connectivity index (χ1v) is 10.4. The molecule has 0 aliphatic carbocycles. The highest BCUT2D eigenvalue weighted by atomic mass is 16.3. The van der Waals surface area contributed by atoms with Crippen molar-refractivity contribution in [3.05, 3.63) is 0 Å². The van der Waals surface area contributed by atoms with Gasteiger partial charge in [0.1, 0.15) is 0 Å². The van der Waals surface area contributed by atoms with E-state index in [-0.39, 0.29) is 18.4 Å². The van der Waals surface area contributed by atoms with Crippen LogP contribution in [0.2, 0.25) is 0 Å². The molecular formula is C20H44N2O2. The molecule has 0 aromatic heterocycles. The smallest absolute Gasteiger partial charge is 0.0541 e. The molecule has 0 aromatic rings. The zero-order chi connectivity index (χ0) is 18.0. The second kappa shape index (κ2) is 17.7. The Balaban J connectivity index is 3.15. The largest absolute Gasteiger partial charge is 0.393 e. The molecule has 0 bridgehead atoms. The highest BCUT2D eigenvalue weighted by Crippen LogP contribution is 2.14. The summed E-state index contributed by atoms with van der Waals surface area (Å²) in [4.78, 5) is 0. The van der Waals surface area contributed by atoms with E-state index in [1.807, 2.05) is 0 Å². The number of hydrogen-bond acceptors (Lipinski definition) is 4. The zero-order valence-electron chi connectivity index (χ0n) is 16.1. The first-order chi connectivity index (χ1) is 11.6.